The molecule has 2 heteroatoms. The molecule has 1 aliphatic carbocycles. The second kappa shape index (κ2) is 12.7. The first-order valence-corrected chi connectivity index (χ1v) is 18.1. The van der Waals surface area contributed by atoms with E-state index in [2.05, 4.69) is 195 Å². The number of allylic oxidation sites excluding steroid dienone is 2. The molecule has 0 saturated heterocycles. The van der Waals surface area contributed by atoms with Crippen molar-refractivity contribution < 1.29 is 0 Å². The van der Waals surface area contributed by atoms with E-state index in [1.54, 1.807) is 0 Å². The van der Waals surface area contributed by atoms with Crippen LogP contribution < -0.4 is 4.90 Å². The molecule has 0 aliphatic heterocycles. The van der Waals surface area contributed by atoms with E-state index in [-0.39, 0.29) is 0 Å². The zero-order valence-electron chi connectivity index (χ0n) is 29.9. The van der Waals surface area contributed by atoms with Crippen LogP contribution in [0.2, 0.25) is 0 Å². The number of fused-ring (bicyclic) bond motifs is 6. The SMILES string of the molecule is C=C/C(=C\C)N(c1ccc(-c2ccccc2C)c(C)c1)c1ccc2c(c1)Cc1c(-c3ccc4c5ccccc5n(-c5ccccc5)c4c3)cccc1-2. The quantitative estimate of drug-likeness (QED) is 0.153. The average Bonchev–Trinajstić information content (AvgIpc) is 3.72. The summed E-state index contributed by atoms with van der Waals surface area (Å²) < 4.78 is 2.40. The van der Waals surface area contributed by atoms with Crippen LogP contribution >= 0.6 is 0 Å². The number of benzene rings is 7. The van der Waals surface area contributed by atoms with Gasteiger partial charge in [-0.25, -0.2) is 0 Å². The predicted octanol–water partition coefficient (Wildman–Crippen LogP) is 13.5. The number of para-hydroxylation sites is 2. The molecule has 2 nitrogen and oxygen atoms in total. The first kappa shape index (κ1) is 31.6. The Morgan fingerprint density at radius 1 is 0.577 bits per heavy atom. The standard InChI is InChI=1S/C50H40N2/c1-5-37(6-2)51(39-24-27-42(34(4)29-39)41-18-11-10-15-33(41)3)40-25-28-44-36(30-40)31-48-43(20-14-21-45(44)48)35-23-26-47-46-19-12-13-22-49(46)52(50(47)32-35)38-16-8-7-9-17-38/h5-30,32H,1,31H2,2-4H3/b37-6+. The second-order valence-electron chi connectivity index (χ2n) is 13.8. The summed E-state index contributed by atoms with van der Waals surface area (Å²) in [6.07, 6.45) is 4.98. The zero-order valence-corrected chi connectivity index (χ0v) is 29.9. The molecule has 0 saturated carbocycles. The van der Waals surface area contributed by atoms with Gasteiger partial charge in [0.15, 0.2) is 0 Å². The van der Waals surface area contributed by atoms with Crippen molar-refractivity contribution in [1.29, 1.82) is 0 Å². The second-order valence-corrected chi connectivity index (χ2v) is 13.8. The highest BCUT2D eigenvalue weighted by Gasteiger charge is 2.24. The molecule has 0 amide bonds. The molecule has 8 aromatic rings. The summed E-state index contributed by atoms with van der Waals surface area (Å²) in [6.45, 7) is 10.7. The van der Waals surface area contributed by atoms with E-state index in [4.69, 9.17) is 0 Å². The maximum Gasteiger partial charge on any atom is 0.0547 e. The lowest BCUT2D eigenvalue weighted by molar-refractivity contribution is 1.18. The lowest BCUT2D eigenvalue weighted by atomic mass is 9.95. The molecule has 0 radical (unpaired) electrons. The topological polar surface area (TPSA) is 8.17 Å². The van der Waals surface area contributed by atoms with E-state index in [9.17, 15) is 0 Å². The number of hydrogen-bond acceptors (Lipinski definition) is 1. The molecule has 0 atom stereocenters. The molecule has 1 aromatic heterocycles. The summed E-state index contributed by atoms with van der Waals surface area (Å²) in [5.41, 5.74) is 19.9. The summed E-state index contributed by atoms with van der Waals surface area (Å²) in [5, 5.41) is 2.55. The van der Waals surface area contributed by atoms with E-state index in [1.165, 1.54) is 83.1 Å². The molecule has 52 heavy (non-hydrogen) atoms. The van der Waals surface area contributed by atoms with Crippen molar-refractivity contribution in [2.45, 2.75) is 27.2 Å². The molecule has 9 rings (SSSR count). The molecule has 0 spiro atoms. The van der Waals surface area contributed by atoms with E-state index in [1.807, 2.05) is 6.08 Å². The van der Waals surface area contributed by atoms with Gasteiger partial charge >= 0.3 is 0 Å². The molecule has 250 valence electrons. The van der Waals surface area contributed by atoms with Crippen LogP contribution in [0.1, 0.15) is 29.2 Å². The lowest BCUT2D eigenvalue weighted by Gasteiger charge is -2.27. The Balaban J connectivity index is 1.12. The minimum Gasteiger partial charge on any atom is -0.311 e. The van der Waals surface area contributed by atoms with Gasteiger partial charge in [0.05, 0.1) is 11.0 Å². The van der Waals surface area contributed by atoms with Crippen molar-refractivity contribution in [3.05, 3.63) is 198 Å². The van der Waals surface area contributed by atoms with E-state index in [0.29, 0.717) is 0 Å². The van der Waals surface area contributed by atoms with Crippen LogP contribution in [0.15, 0.2) is 176 Å². The van der Waals surface area contributed by atoms with E-state index in [0.717, 1.165) is 23.5 Å². The van der Waals surface area contributed by atoms with Gasteiger partial charge < -0.3 is 9.47 Å². The van der Waals surface area contributed by atoms with Crippen molar-refractivity contribution >= 4 is 33.2 Å². The maximum absolute atomic E-state index is 4.20. The molecule has 1 aliphatic rings. The fourth-order valence-corrected chi connectivity index (χ4v) is 8.36. The third-order valence-electron chi connectivity index (χ3n) is 10.8. The lowest BCUT2D eigenvalue weighted by Crippen LogP contribution is -2.15. The minimum absolute atomic E-state index is 0.882. The Kier molecular flexibility index (Phi) is 7.74. The van der Waals surface area contributed by atoms with Crippen LogP contribution in [0.5, 0.6) is 0 Å². The zero-order chi connectivity index (χ0) is 35.3. The largest absolute Gasteiger partial charge is 0.311 e. The van der Waals surface area contributed by atoms with Gasteiger partial charge in [-0.05, 0) is 137 Å². The smallest absolute Gasteiger partial charge is 0.0547 e. The summed E-state index contributed by atoms with van der Waals surface area (Å²) in [6, 6.07) is 55.6. The Morgan fingerprint density at radius 3 is 2.04 bits per heavy atom. The monoisotopic (exact) mass is 668 g/mol. The first-order chi connectivity index (χ1) is 25.5. The predicted molar refractivity (Wildman–Crippen MR) is 222 cm³/mol. The molecule has 1 heterocycles. The number of anilines is 2. The molecule has 0 unspecified atom stereocenters. The average molecular weight is 669 g/mol. The van der Waals surface area contributed by atoms with Gasteiger partial charge in [-0.3, -0.25) is 0 Å². The van der Waals surface area contributed by atoms with Gasteiger partial charge in [0.1, 0.15) is 0 Å². The number of aromatic nitrogens is 1. The minimum atomic E-state index is 0.882. The van der Waals surface area contributed by atoms with Crippen molar-refractivity contribution in [3.8, 4) is 39.1 Å². The molecular formula is C50H40N2. The Labute approximate surface area is 306 Å². The highest BCUT2D eigenvalue weighted by atomic mass is 15.1. The van der Waals surface area contributed by atoms with Crippen LogP contribution in [0.3, 0.4) is 0 Å². The van der Waals surface area contributed by atoms with Crippen LogP contribution in [0, 0.1) is 13.8 Å². The summed E-state index contributed by atoms with van der Waals surface area (Å²) in [4.78, 5) is 2.34. The molecule has 7 aromatic carbocycles. The Morgan fingerprint density at radius 2 is 1.25 bits per heavy atom. The molecule has 0 bridgehead atoms. The van der Waals surface area contributed by atoms with Gasteiger partial charge in [0.25, 0.3) is 0 Å². The molecule has 0 N–H and O–H groups in total. The highest BCUT2D eigenvalue weighted by molar-refractivity contribution is 6.10. The van der Waals surface area contributed by atoms with Gasteiger partial charge in [-0.15, -0.1) is 0 Å². The fourth-order valence-electron chi connectivity index (χ4n) is 8.36. The van der Waals surface area contributed by atoms with Crippen LogP contribution in [-0.4, -0.2) is 4.57 Å². The maximum atomic E-state index is 4.20. The Bertz CT molecular complexity index is 2710. The number of rotatable bonds is 7. The number of hydrogen-bond donors (Lipinski definition) is 0. The highest BCUT2D eigenvalue weighted by Crippen LogP contribution is 2.45. The third-order valence-corrected chi connectivity index (χ3v) is 10.8. The van der Waals surface area contributed by atoms with Crippen LogP contribution in [-0.2, 0) is 6.42 Å². The normalized spacial score (nSPS) is 12.2. The fraction of sp³-hybridized carbons (Fsp3) is 0.0800. The van der Waals surface area contributed by atoms with Gasteiger partial charge in [0.2, 0.25) is 0 Å². The summed E-state index contributed by atoms with van der Waals surface area (Å²) in [5.74, 6) is 0. The number of nitrogens with zero attached hydrogens (tertiary/aromatic N) is 2. The molecule has 0 fully saturated rings. The van der Waals surface area contributed by atoms with Crippen molar-refractivity contribution in [1.82, 2.24) is 4.57 Å². The van der Waals surface area contributed by atoms with Crippen LogP contribution in [0.25, 0.3) is 60.9 Å². The Hall–Kier alpha value is -6.38. The van der Waals surface area contributed by atoms with Gasteiger partial charge in [-0.2, -0.15) is 0 Å². The van der Waals surface area contributed by atoms with E-state index >= 15 is 0 Å². The third kappa shape index (κ3) is 5.10. The first-order valence-electron chi connectivity index (χ1n) is 18.1. The van der Waals surface area contributed by atoms with Crippen molar-refractivity contribution in [2.75, 3.05) is 4.90 Å². The van der Waals surface area contributed by atoms with Crippen LogP contribution in [0.4, 0.5) is 11.4 Å². The summed E-state index contributed by atoms with van der Waals surface area (Å²) in [7, 11) is 0. The molecular weight excluding hydrogens is 629 g/mol. The number of aryl methyl sites for hydroxylation is 2. The van der Waals surface area contributed by atoms with Gasteiger partial charge in [-0.1, -0.05) is 116 Å². The van der Waals surface area contributed by atoms with Crippen molar-refractivity contribution in [2.24, 2.45) is 0 Å². The summed E-state index contributed by atoms with van der Waals surface area (Å²) >= 11 is 0. The van der Waals surface area contributed by atoms with E-state index < -0.39 is 0 Å². The van der Waals surface area contributed by atoms with Crippen molar-refractivity contribution in [3.63, 3.8) is 0 Å². The van der Waals surface area contributed by atoms with Gasteiger partial charge in [0, 0.05) is 33.5 Å².